The summed E-state index contributed by atoms with van der Waals surface area (Å²) in [6, 6.07) is 6.89. The van der Waals surface area contributed by atoms with Crippen LogP contribution in [0.25, 0.3) is 0 Å². The van der Waals surface area contributed by atoms with Crippen LogP contribution in [-0.4, -0.2) is 42.1 Å². The molecule has 5 heteroatoms. The van der Waals surface area contributed by atoms with Gasteiger partial charge >= 0.3 is 11.9 Å². The van der Waals surface area contributed by atoms with Crippen molar-refractivity contribution in [1.29, 1.82) is 0 Å². The van der Waals surface area contributed by atoms with Crippen molar-refractivity contribution in [2.24, 2.45) is 0 Å². The van der Waals surface area contributed by atoms with Crippen molar-refractivity contribution in [2.75, 3.05) is 20.2 Å². The van der Waals surface area contributed by atoms with E-state index >= 15 is 0 Å². The lowest BCUT2D eigenvalue weighted by atomic mass is 10.1. The minimum Gasteiger partial charge on any atom is -0.480 e. The van der Waals surface area contributed by atoms with E-state index in [1.165, 1.54) is 7.11 Å². The first kappa shape index (κ1) is 14.9. The van der Waals surface area contributed by atoms with E-state index in [1.54, 1.807) is 35.2 Å². The number of aliphatic carboxylic acids is 1. The number of hydrogen-bond donors (Lipinski definition) is 1. The van der Waals surface area contributed by atoms with Crippen LogP contribution in [0.15, 0.2) is 36.9 Å². The molecule has 1 rings (SSSR count). The first-order valence-electron chi connectivity index (χ1n) is 5.79. The number of hydrogen-bond acceptors (Lipinski definition) is 4. The molecule has 0 aliphatic heterocycles. The maximum absolute atomic E-state index is 11.3. The highest BCUT2D eigenvalue weighted by atomic mass is 16.5. The SMILES string of the molecule is C=CCN(CC(=O)O)Cc1ccc(C(=O)OC)cc1. The second-order valence-electron chi connectivity index (χ2n) is 4.04. The fraction of sp³-hybridized carbons (Fsp3) is 0.286. The largest absolute Gasteiger partial charge is 0.480 e. The lowest BCUT2D eigenvalue weighted by Gasteiger charge is -2.18. The van der Waals surface area contributed by atoms with E-state index in [9.17, 15) is 9.59 Å². The van der Waals surface area contributed by atoms with Gasteiger partial charge < -0.3 is 9.84 Å². The predicted octanol–water partition coefficient (Wildman–Crippen LogP) is 1.55. The molecule has 0 saturated heterocycles. The number of carbonyl (C=O) groups is 2. The van der Waals surface area contributed by atoms with Gasteiger partial charge in [-0.3, -0.25) is 9.69 Å². The molecule has 0 aromatic heterocycles. The Labute approximate surface area is 112 Å². The molecule has 0 saturated carbocycles. The van der Waals surface area contributed by atoms with Crippen LogP contribution < -0.4 is 0 Å². The van der Waals surface area contributed by atoms with Crippen LogP contribution in [-0.2, 0) is 16.1 Å². The van der Waals surface area contributed by atoms with E-state index in [4.69, 9.17) is 5.11 Å². The molecule has 0 aliphatic rings. The Balaban J connectivity index is 2.71. The fourth-order valence-corrected chi connectivity index (χ4v) is 1.68. The van der Waals surface area contributed by atoms with Crippen LogP contribution in [0.3, 0.4) is 0 Å². The van der Waals surface area contributed by atoms with Crippen molar-refractivity contribution in [3.63, 3.8) is 0 Å². The Bertz CT molecular complexity index is 453. The van der Waals surface area contributed by atoms with Gasteiger partial charge in [-0.1, -0.05) is 18.2 Å². The number of esters is 1. The zero-order valence-electron chi connectivity index (χ0n) is 10.8. The molecule has 0 atom stereocenters. The number of carboxylic acids is 1. The zero-order valence-corrected chi connectivity index (χ0v) is 10.8. The van der Waals surface area contributed by atoms with Gasteiger partial charge in [-0.15, -0.1) is 6.58 Å². The van der Waals surface area contributed by atoms with Gasteiger partial charge in [0.25, 0.3) is 0 Å². The first-order valence-corrected chi connectivity index (χ1v) is 5.79. The van der Waals surface area contributed by atoms with Gasteiger partial charge in [0.05, 0.1) is 19.2 Å². The van der Waals surface area contributed by atoms with Crippen molar-refractivity contribution < 1.29 is 19.4 Å². The van der Waals surface area contributed by atoms with Gasteiger partial charge in [-0.2, -0.15) is 0 Å². The maximum Gasteiger partial charge on any atom is 0.337 e. The van der Waals surface area contributed by atoms with E-state index in [0.29, 0.717) is 18.7 Å². The minimum atomic E-state index is -0.881. The van der Waals surface area contributed by atoms with E-state index in [2.05, 4.69) is 11.3 Å². The fourth-order valence-electron chi connectivity index (χ4n) is 1.68. The highest BCUT2D eigenvalue weighted by molar-refractivity contribution is 5.89. The molecule has 1 N–H and O–H groups in total. The molecule has 0 unspecified atom stereocenters. The second kappa shape index (κ2) is 7.33. The molecule has 0 fully saturated rings. The Kier molecular flexibility index (Phi) is 5.75. The van der Waals surface area contributed by atoms with Crippen molar-refractivity contribution in [3.8, 4) is 0 Å². The van der Waals surface area contributed by atoms with E-state index in [0.717, 1.165) is 5.56 Å². The third-order valence-electron chi connectivity index (χ3n) is 2.53. The van der Waals surface area contributed by atoms with Crippen LogP contribution in [0.4, 0.5) is 0 Å². The van der Waals surface area contributed by atoms with Crippen molar-refractivity contribution in [2.45, 2.75) is 6.54 Å². The summed E-state index contributed by atoms with van der Waals surface area (Å²) in [4.78, 5) is 23.7. The summed E-state index contributed by atoms with van der Waals surface area (Å²) >= 11 is 0. The van der Waals surface area contributed by atoms with Gasteiger partial charge in [-0.25, -0.2) is 4.79 Å². The third kappa shape index (κ3) is 4.93. The van der Waals surface area contributed by atoms with Crippen molar-refractivity contribution >= 4 is 11.9 Å². The molecule has 0 bridgehead atoms. The average Bonchev–Trinajstić information content (AvgIpc) is 2.38. The maximum atomic E-state index is 11.3. The lowest BCUT2D eigenvalue weighted by molar-refractivity contribution is -0.138. The molecule has 0 aliphatic carbocycles. The van der Waals surface area contributed by atoms with Crippen molar-refractivity contribution in [3.05, 3.63) is 48.0 Å². The van der Waals surface area contributed by atoms with Crippen molar-refractivity contribution in [1.82, 2.24) is 4.90 Å². The Hall–Kier alpha value is -2.14. The molecule has 0 amide bonds. The summed E-state index contributed by atoms with van der Waals surface area (Å²) < 4.78 is 4.61. The zero-order chi connectivity index (χ0) is 14.3. The third-order valence-corrected chi connectivity index (χ3v) is 2.53. The molecule has 102 valence electrons. The van der Waals surface area contributed by atoms with Gasteiger partial charge in [0.15, 0.2) is 0 Å². The lowest BCUT2D eigenvalue weighted by Crippen LogP contribution is -2.29. The molecule has 0 spiro atoms. The van der Waals surface area contributed by atoms with Gasteiger partial charge in [0.1, 0.15) is 0 Å². The average molecular weight is 263 g/mol. The van der Waals surface area contributed by atoms with Gasteiger partial charge in [0.2, 0.25) is 0 Å². The van der Waals surface area contributed by atoms with Crippen LogP contribution in [0.1, 0.15) is 15.9 Å². The van der Waals surface area contributed by atoms with E-state index in [-0.39, 0.29) is 12.5 Å². The minimum absolute atomic E-state index is 0.0508. The number of ether oxygens (including phenoxy) is 1. The number of nitrogens with zero attached hydrogens (tertiary/aromatic N) is 1. The van der Waals surface area contributed by atoms with E-state index < -0.39 is 5.97 Å². The quantitative estimate of drug-likeness (QED) is 0.597. The Morgan fingerprint density at radius 2 is 2.00 bits per heavy atom. The molecular formula is C14H17NO4. The normalized spacial score (nSPS) is 10.2. The van der Waals surface area contributed by atoms with Crippen LogP contribution in [0.2, 0.25) is 0 Å². The number of benzene rings is 1. The molecular weight excluding hydrogens is 246 g/mol. The number of carbonyl (C=O) groups excluding carboxylic acids is 1. The summed E-state index contributed by atoms with van der Waals surface area (Å²) in [5, 5.41) is 8.80. The monoisotopic (exact) mass is 263 g/mol. The standard InChI is InChI=1S/C14H17NO4/c1-3-8-15(10-13(16)17)9-11-4-6-12(7-5-11)14(18)19-2/h3-7H,1,8-10H2,2H3,(H,16,17). The molecule has 1 aromatic carbocycles. The van der Waals surface area contributed by atoms with Gasteiger partial charge in [-0.05, 0) is 17.7 Å². The summed E-state index contributed by atoms with van der Waals surface area (Å²) in [5.41, 5.74) is 1.40. The number of methoxy groups -OCH3 is 1. The van der Waals surface area contributed by atoms with Crippen LogP contribution in [0.5, 0.6) is 0 Å². The van der Waals surface area contributed by atoms with Crippen LogP contribution >= 0.6 is 0 Å². The predicted molar refractivity (Wildman–Crippen MR) is 70.9 cm³/mol. The highest BCUT2D eigenvalue weighted by Gasteiger charge is 2.10. The second-order valence-corrected chi connectivity index (χ2v) is 4.04. The molecule has 19 heavy (non-hydrogen) atoms. The molecule has 5 nitrogen and oxygen atoms in total. The Morgan fingerprint density at radius 1 is 1.37 bits per heavy atom. The first-order chi connectivity index (χ1) is 9.06. The number of rotatable bonds is 7. The highest BCUT2D eigenvalue weighted by Crippen LogP contribution is 2.08. The summed E-state index contributed by atoms with van der Waals surface area (Å²) in [7, 11) is 1.33. The molecule has 0 radical (unpaired) electrons. The smallest absolute Gasteiger partial charge is 0.337 e. The molecule has 1 aromatic rings. The molecule has 0 heterocycles. The Morgan fingerprint density at radius 3 is 2.47 bits per heavy atom. The summed E-state index contributed by atoms with van der Waals surface area (Å²) in [5.74, 6) is -1.27. The summed E-state index contributed by atoms with van der Waals surface area (Å²) in [6.45, 7) is 4.53. The topological polar surface area (TPSA) is 66.8 Å². The summed E-state index contributed by atoms with van der Waals surface area (Å²) in [6.07, 6.45) is 1.66. The van der Waals surface area contributed by atoms with E-state index in [1.807, 2.05) is 0 Å². The van der Waals surface area contributed by atoms with Gasteiger partial charge in [0, 0.05) is 13.1 Å². The van der Waals surface area contributed by atoms with Crippen LogP contribution in [0, 0.1) is 0 Å². The number of carboxylic acid groups (broad SMARTS) is 1.